The van der Waals surface area contributed by atoms with Crippen LogP contribution >= 0.6 is 0 Å². The first-order valence-corrected chi connectivity index (χ1v) is 8.13. The van der Waals surface area contributed by atoms with E-state index in [0.717, 1.165) is 12.8 Å². The number of hydrogen-bond acceptors (Lipinski definition) is 4. The fourth-order valence-electron chi connectivity index (χ4n) is 3.27. The molecule has 0 aromatic rings. The van der Waals surface area contributed by atoms with Crippen molar-refractivity contribution in [1.82, 2.24) is 10.2 Å². The molecule has 0 aliphatic carbocycles. The van der Waals surface area contributed by atoms with Crippen LogP contribution in [0.4, 0.5) is 4.79 Å². The lowest BCUT2D eigenvalue weighted by Gasteiger charge is -2.32. The van der Waals surface area contributed by atoms with Gasteiger partial charge in [0.25, 0.3) is 0 Å². The van der Waals surface area contributed by atoms with E-state index >= 15 is 0 Å². The molecular weight excluding hydrogens is 300 g/mol. The van der Waals surface area contributed by atoms with Gasteiger partial charge >= 0.3 is 12.1 Å². The molecule has 0 spiro atoms. The van der Waals surface area contributed by atoms with Crippen molar-refractivity contribution in [2.24, 2.45) is 11.8 Å². The highest BCUT2D eigenvalue weighted by atomic mass is 16.5. The molecule has 4 unspecified atom stereocenters. The first kappa shape index (κ1) is 19.3. The Morgan fingerprint density at radius 1 is 1.35 bits per heavy atom. The molecule has 0 aromatic heterocycles. The van der Waals surface area contributed by atoms with E-state index in [4.69, 9.17) is 0 Å². The Bertz CT molecular complexity index is 452. The van der Waals surface area contributed by atoms with Gasteiger partial charge in [0.15, 0.2) is 0 Å². The van der Waals surface area contributed by atoms with Gasteiger partial charge in [-0.2, -0.15) is 0 Å². The summed E-state index contributed by atoms with van der Waals surface area (Å²) in [6, 6.07) is -1.80. The van der Waals surface area contributed by atoms with Crippen LogP contribution in [0.15, 0.2) is 0 Å². The van der Waals surface area contributed by atoms with Gasteiger partial charge in [-0.25, -0.2) is 9.59 Å². The summed E-state index contributed by atoms with van der Waals surface area (Å²) in [4.78, 5) is 37.4. The van der Waals surface area contributed by atoms with Crippen molar-refractivity contribution in [3.8, 4) is 0 Å². The van der Waals surface area contributed by atoms with Crippen molar-refractivity contribution >= 4 is 18.0 Å². The maximum absolute atomic E-state index is 12.9. The standard InChI is InChI=1S/C16H28N2O5/c1-6-7-11-8-12(15(20)21)18(10(11)4)14(19)13(9(2)3)17-16(22)23-5/h9-13H,6-8H2,1-5H3,(H,17,22)(H,20,21). The van der Waals surface area contributed by atoms with Crippen molar-refractivity contribution < 1.29 is 24.2 Å². The lowest BCUT2D eigenvalue weighted by atomic mass is 9.95. The third-order valence-electron chi connectivity index (χ3n) is 4.57. The van der Waals surface area contributed by atoms with Gasteiger partial charge in [-0.1, -0.05) is 27.2 Å². The van der Waals surface area contributed by atoms with Gasteiger partial charge in [-0.3, -0.25) is 4.79 Å². The number of nitrogens with zero attached hydrogens (tertiary/aromatic N) is 1. The molecule has 7 heteroatoms. The maximum atomic E-state index is 12.9. The van der Waals surface area contributed by atoms with Gasteiger partial charge in [-0.15, -0.1) is 0 Å². The molecule has 0 aromatic carbocycles. The van der Waals surface area contributed by atoms with E-state index < -0.39 is 24.1 Å². The molecule has 1 aliphatic rings. The topological polar surface area (TPSA) is 95.9 Å². The lowest BCUT2D eigenvalue weighted by molar-refractivity contribution is -0.150. The molecule has 4 atom stereocenters. The number of aliphatic carboxylic acids is 1. The molecule has 0 radical (unpaired) electrons. The van der Waals surface area contributed by atoms with Crippen molar-refractivity contribution in [3.05, 3.63) is 0 Å². The summed E-state index contributed by atoms with van der Waals surface area (Å²) in [6.07, 6.45) is 1.59. The van der Waals surface area contributed by atoms with E-state index in [9.17, 15) is 19.5 Å². The number of likely N-dealkylation sites (tertiary alicyclic amines) is 1. The highest BCUT2D eigenvalue weighted by Crippen LogP contribution is 2.34. The van der Waals surface area contributed by atoms with Gasteiger partial charge in [-0.05, 0) is 31.6 Å². The van der Waals surface area contributed by atoms with E-state index in [2.05, 4.69) is 10.1 Å². The first-order valence-electron chi connectivity index (χ1n) is 8.13. The Labute approximate surface area is 137 Å². The number of nitrogens with one attached hydrogen (secondary N) is 1. The first-order chi connectivity index (χ1) is 10.7. The lowest BCUT2D eigenvalue weighted by Crippen LogP contribution is -2.55. The highest BCUT2D eigenvalue weighted by Gasteiger charge is 2.46. The van der Waals surface area contributed by atoms with Crippen LogP contribution in [-0.4, -0.2) is 53.2 Å². The number of amides is 2. The smallest absolute Gasteiger partial charge is 0.407 e. The second-order valence-electron chi connectivity index (χ2n) is 6.48. The Morgan fingerprint density at radius 3 is 2.39 bits per heavy atom. The Hall–Kier alpha value is -1.79. The van der Waals surface area contributed by atoms with Gasteiger partial charge < -0.3 is 20.1 Å². The minimum atomic E-state index is -0.996. The van der Waals surface area contributed by atoms with E-state index in [0.29, 0.717) is 6.42 Å². The van der Waals surface area contributed by atoms with Crippen LogP contribution in [-0.2, 0) is 14.3 Å². The van der Waals surface area contributed by atoms with Gasteiger partial charge in [0.05, 0.1) is 7.11 Å². The van der Waals surface area contributed by atoms with Crippen molar-refractivity contribution in [1.29, 1.82) is 0 Å². The Balaban J connectivity index is 3.03. The SMILES string of the molecule is CCCC1CC(C(=O)O)N(C(=O)C(NC(=O)OC)C(C)C)C1C. The van der Waals surface area contributed by atoms with Crippen molar-refractivity contribution in [3.63, 3.8) is 0 Å². The summed E-state index contributed by atoms with van der Waals surface area (Å²) in [6.45, 7) is 7.54. The third kappa shape index (κ3) is 4.36. The van der Waals surface area contributed by atoms with E-state index in [1.54, 1.807) is 13.8 Å². The zero-order chi connectivity index (χ0) is 17.7. The molecule has 0 bridgehead atoms. The minimum absolute atomic E-state index is 0.163. The average Bonchev–Trinajstić information content (AvgIpc) is 2.81. The molecule has 1 rings (SSSR count). The minimum Gasteiger partial charge on any atom is -0.480 e. The molecule has 0 saturated carbocycles. The predicted molar refractivity (Wildman–Crippen MR) is 84.9 cm³/mol. The summed E-state index contributed by atoms with van der Waals surface area (Å²) in [7, 11) is 1.23. The van der Waals surface area contributed by atoms with Crippen LogP contribution in [0, 0.1) is 11.8 Å². The number of alkyl carbamates (subject to hydrolysis) is 1. The van der Waals surface area contributed by atoms with Gasteiger partial charge in [0.1, 0.15) is 12.1 Å². The molecule has 7 nitrogen and oxygen atoms in total. The van der Waals surface area contributed by atoms with Gasteiger partial charge in [0, 0.05) is 6.04 Å². The zero-order valence-corrected chi connectivity index (χ0v) is 14.5. The summed E-state index contributed by atoms with van der Waals surface area (Å²) in [5.74, 6) is -1.36. The van der Waals surface area contributed by atoms with Crippen LogP contribution in [0.3, 0.4) is 0 Å². The molecule has 1 aliphatic heterocycles. The number of methoxy groups -OCH3 is 1. The average molecular weight is 328 g/mol. The number of carboxylic acid groups (broad SMARTS) is 1. The number of hydrogen-bond donors (Lipinski definition) is 2. The van der Waals surface area contributed by atoms with E-state index in [1.807, 2.05) is 13.8 Å². The van der Waals surface area contributed by atoms with Crippen molar-refractivity contribution in [2.75, 3.05) is 7.11 Å². The van der Waals surface area contributed by atoms with Crippen LogP contribution in [0.5, 0.6) is 0 Å². The summed E-state index contributed by atoms with van der Waals surface area (Å²) >= 11 is 0. The molecule has 132 valence electrons. The molecular formula is C16H28N2O5. The Kier molecular flexibility index (Phi) is 6.84. The summed E-state index contributed by atoms with van der Waals surface area (Å²) in [5, 5.41) is 12.0. The molecule has 2 amide bonds. The Morgan fingerprint density at radius 2 is 1.96 bits per heavy atom. The summed E-state index contributed by atoms with van der Waals surface area (Å²) in [5.41, 5.74) is 0. The second kappa shape index (κ2) is 8.17. The number of carbonyl (C=O) groups excluding carboxylic acids is 2. The number of carboxylic acids is 1. The number of ether oxygens (including phenoxy) is 1. The van der Waals surface area contributed by atoms with Crippen molar-refractivity contribution in [2.45, 2.75) is 65.1 Å². The predicted octanol–water partition coefficient (Wildman–Crippen LogP) is 1.86. The quantitative estimate of drug-likeness (QED) is 0.776. The normalized spacial score (nSPS) is 25.3. The molecule has 1 heterocycles. The van der Waals surface area contributed by atoms with E-state index in [-0.39, 0.29) is 23.8 Å². The van der Waals surface area contributed by atoms with E-state index in [1.165, 1.54) is 12.0 Å². The number of rotatable bonds is 6. The maximum Gasteiger partial charge on any atom is 0.407 e. The molecule has 2 N–H and O–H groups in total. The monoisotopic (exact) mass is 328 g/mol. The second-order valence-corrected chi connectivity index (χ2v) is 6.48. The number of carbonyl (C=O) groups is 3. The highest BCUT2D eigenvalue weighted by molar-refractivity contribution is 5.90. The fourth-order valence-corrected chi connectivity index (χ4v) is 3.27. The largest absolute Gasteiger partial charge is 0.480 e. The van der Waals surface area contributed by atoms with Gasteiger partial charge in [0.2, 0.25) is 5.91 Å². The molecule has 1 fully saturated rings. The molecule has 23 heavy (non-hydrogen) atoms. The summed E-state index contributed by atoms with van der Waals surface area (Å²) < 4.78 is 4.57. The third-order valence-corrected chi connectivity index (χ3v) is 4.57. The van der Waals surface area contributed by atoms with Crippen LogP contribution < -0.4 is 5.32 Å². The fraction of sp³-hybridized carbons (Fsp3) is 0.812. The van der Waals surface area contributed by atoms with Crippen LogP contribution in [0.2, 0.25) is 0 Å². The zero-order valence-electron chi connectivity index (χ0n) is 14.5. The van der Waals surface area contributed by atoms with Crippen LogP contribution in [0.25, 0.3) is 0 Å². The molecule has 1 saturated heterocycles. The van der Waals surface area contributed by atoms with Crippen LogP contribution in [0.1, 0.15) is 47.0 Å².